The third-order valence-electron chi connectivity index (χ3n) is 2.24. The summed E-state index contributed by atoms with van der Waals surface area (Å²) in [6, 6.07) is 16.8. The zero-order valence-electron chi connectivity index (χ0n) is 8.08. The average molecular weight is 326 g/mol. The smallest absolute Gasteiger partial charge is 0.0320 e. The van der Waals surface area contributed by atoms with Gasteiger partial charge in [-0.2, -0.15) is 0 Å². The van der Waals surface area contributed by atoms with Gasteiger partial charge in [0.25, 0.3) is 0 Å². The Kier molecular flexibility index (Phi) is 3.60. The van der Waals surface area contributed by atoms with Gasteiger partial charge in [-0.3, -0.25) is 0 Å². The van der Waals surface area contributed by atoms with Crippen molar-refractivity contribution < 1.29 is 0 Å². The van der Waals surface area contributed by atoms with Gasteiger partial charge >= 0.3 is 0 Å². The van der Waals surface area contributed by atoms with E-state index in [1.54, 1.807) is 0 Å². The van der Waals surface area contributed by atoms with Gasteiger partial charge in [0.05, 0.1) is 0 Å². The molecule has 0 aromatic heterocycles. The fraction of sp³-hybridized carbons (Fsp3) is 0.0769. The molecule has 0 aliphatic heterocycles. The summed E-state index contributed by atoms with van der Waals surface area (Å²) in [5.74, 6) is 0. The Labute approximate surface area is 107 Å². The van der Waals surface area contributed by atoms with Crippen LogP contribution in [0.3, 0.4) is 0 Å². The molecular weight excluding hydrogens is 316 g/mol. The van der Waals surface area contributed by atoms with E-state index < -0.39 is 0 Å². The minimum atomic E-state index is 0.979. The summed E-state index contributed by atoms with van der Waals surface area (Å²) in [5.41, 5.74) is 2.66. The highest BCUT2D eigenvalue weighted by Gasteiger charge is 1.99. The molecular formula is C13H10Br2. The van der Waals surface area contributed by atoms with Crippen molar-refractivity contribution in [2.24, 2.45) is 0 Å². The van der Waals surface area contributed by atoms with E-state index in [1.165, 1.54) is 11.1 Å². The van der Waals surface area contributed by atoms with Gasteiger partial charge in [0, 0.05) is 8.95 Å². The summed E-state index contributed by atoms with van der Waals surface area (Å²) < 4.78 is 2.20. The molecule has 0 nitrogen and oxygen atoms in total. The fourth-order valence-electron chi connectivity index (χ4n) is 1.48. The van der Waals surface area contributed by atoms with Gasteiger partial charge in [0.15, 0.2) is 0 Å². The van der Waals surface area contributed by atoms with Crippen LogP contribution in [0.4, 0.5) is 0 Å². The molecule has 0 bridgehead atoms. The van der Waals surface area contributed by atoms with Crippen LogP contribution in [0.1, 0.15) is 11.1 Å². The first-order valence-corrected chi connectivity index (χ1v) is 6.32. The molecule has 0 unspecified atom stereocenters. The Morgan fingerprint density at radius 2 is 1.47 bits per heavy atom. The molecule has 0 radical (unpaired) electrons. The predicted octanol–water partition coefficient (Wildman–Crippen LogP) is 4.80. The van der Waals surface area contributed by atoms with Gasteiger partial charge in [-0.15, -0.1) is 0 Å². The molecule has 0 spiro atoms. The summed E-state index contributed by atoms with van der Waals surface area (Å²) in [7, 11) is 0. The topological polar surface area (TPSA) is 0 Å². The molecule has 0 aliphatic rings. The number of benzene rings is 2. The van der Waals surface area contributed by atoms with Gasteiger partial charge in [0.2, 0.25) is 0 Å². The van der Waals surface area contributed by atoms with E-state index in [2.05, 4.69) is 74.3 Å². The van der Waals surface area contributed by atoms with Crippen molar-refractivity contribution >= 4 is 31.9 Å². The highest BCUT2D eigenvalue weighted by molar-refractivity contribution is 9.13. The second-order valence-electron chi connectivity index (χ2n) is 3.41. The Hall–Kier alpha value is -0.600. The highest BCUT2D eigenvalue weighted by atomic mass is 79.9. The van der Waals surface area contributed by atoms with Crippen LogP contribution in [0, 0.1) is 0 Å². The lowest BCUT2D eigenvalue weighted by Crippen LogP contribution is -1.87. The second-order valence-corrected chi connectivity index (χ2v) is 5.12. The summed E-state index contributed by atoms with van der Waals surface area (Å²) in [6.45, 7) is 0. The molecule has 2 rings (SSSR count). The van der Waals surface area contributed by atoms with E-state index >= 15 is 0 Å². The maximum absolute atomic E-state index is 3.51. The van der Waals surface area contributed by atoms with Crippen LogP contribution in [0.5, 0.6) is 0 Å². The van der Waals surface area contributed by atoms with Crippen LogP contribution in [-0.4, -0.2) is 0 Å². The van der Waals surface area contributed by atoms with Gasteiger partial charge in [-0.25, -0.2) is 0 Å². The molecule has 76 valence electrons. The van der Waals surface area contributed by atoms with Crippen molar-refractivity contribution in [2.45, 2.75) is 6.42 Å². The lowest BCUT2D eigenvalue weighted by Gasteiger charge is -2.03. The molecule has 15 heavy (non-hydrogen) atoms. The van der Waals surface area contributed by atoms with Crippen molar-refractivity contribution in [3.05, 3.63) is 68.6 Å². The van der Waals surface area contributed by atoms with Gasteiger partial charge in [-0.05, 0) is 61.5 Å². The third-order valence-corrected chi connectivity index (χ3v) is 4.11. The Morgan fingerprint density at radius 1 is 0.733 bits per heavy atom. The van der Waals surface area contributed by atoms with Crippen molar-refractivity contribution in [2.75, 3.05) is 0 Å². The van der Waals surface area contributed by atoms with Crippen LogP contribution in [-0.2, 0) is 6.42 Å². The van der Waals surface area contributed by atoms with E-state index in [4.69, 9.17) is 0 Å². The van der Waals surface area contributed by atoms with Crippen molar-refractivity contribution in [1.82, 2.24) is 0 Å². The maximum atomic E-state index is 3.51. The summed E-state index contributed by atoms with van der Waals surface area (Å²) in [4.78, 5) is 0. The number of hydrogen-bond acceptors (Lipinski definition) is 0. The predicted molar refractivity (Wildman–Crippen MR) is 71.1 cm³/mol. The highest BCUT2D eigenvalue weighted by Crippen LogP contribution is 2.24. The first-order valence-electron chi connectivity index (χ1n) is 4.73. The molecule has 0 atom stereocenters. The molecule has 0 saturated carbocycles. The van der Waals surface area contributed by atoms with Gasteiger partial charge < -0.3 is 0 Å². The van der Waals surface area contributed by atoms with Crippen LogP contribution in [0.2, 0.25) is 0 Å². The van der Waals surface area contributed by atoms with Gasteiger partial charge in [-0.1, -0.05) is 36.4 Å². The largest absolute Gasteiger partial charge is 0.0622 e. The van der Waals surface area contributed by atoms with E-state index in [1.807, 2.05) is 6.07 Å². The molecule has 0 fully saturated rings. The first kappa shape index (κ1) is 10.9. The Bertz CT molecular complexity index is 449. The molecule has 0 amide bonds. The van der Waals surface area contributed by atoms with Crippen molar-refractivity contribution in [3.8, 4) is 0 Å². The molecule has 0 saturated heterocycles. The Balaban J connectivity index is 2.22. The Morgan fingerprint density at radius 3 is 2.13 bits per heavy atom. The van der Waals surface area contributed by atoms with Crippen LogP contribution in [0.15, 0.2) is 57.5 Å². The molecule has 2 aromatic rings. The van der Waals surface area contributed by atoms with Crippen LogP contribution in [0.25, 0.3) is 0 Å². The minimum Gasteiger partial charge on any atom is -0.0622 e. The monoisotopic (exact) mass is 324 g/mol. The zero-order valence-corrected chi connectivity index (χ0v) is 11.3. The standard InChI is InChI=1S/C13H10Br2/c14-12-7-6-11(9-13(12)15)8-10-4-2-1-3-5-10/h1-7,9H,8H2. The number of halogens is 2. The van der Waals surface area contributed by atoms with E-state index in [0.29, 0.717) is 0 Å². The summed E-state index contributed by atoms with van der Waals surface area (Å²) in [5, 5.41) is 0. The van der Waals surface area contributed by atoms with Crippen LogP contribution < -0.4 is 0 Å². The summed E-state index contributed by atoms with van der Waals surface area (Å²) >= 11 is 6.98. The van der Waals surface area contributed by atoms with E-state index in [9.17, 15) is 0 Å². The second kappa shape index (κ2) is 4.95. The van der Waals surface area contributed by atoms with Crippen LogP contribution >= 0.6 is 31.9 Å². The molecule has 0 aliphatic carbocycles. The molecule has 2 aromatic carbocycles. The van der Waals surface area contributed by atoms with E-state index in [-0.39, 0.29) is 0 Å². The molecule has 2 heteroatoms. The van der Waals surface area contributed by atoms with Gasteiger partial charge in [0.1, 0.15) is 0 Å². The van der Waals surface area contributed by atoms with Crippen molar-refractivity contribution in [1.29, 1.82) is 0 Å². The molecule has 0 N–H and O–H groups in total. The normalized spacial score (nSPS) is 10.3. The maximum Gasteiger partial charge on any atom is 0.0320 e. The van der Waals surface area contributed by atoms with Crippen molar-refractivity contribution in [3.63, 3.8) is 0 Å². The van der Waals surface area contributed by atoms with E-state index in [0.717, 1.165) is 15.4 Å². The first-order chi connectivity index (χ1) is 7.25. The number of rotatable bonds is 2. The molecule has 0 heterocycles. The SMILES string of the molecule is Brc1ccc(Cc2ccccc2)cc1Br. The summed E-state index contributed by atoms with van der Waals surface area (Å²) in [6.07, 6.45) is 0.979. The average Bonchev–Trinajstić information content (AvgIpc) is 2.25. The lowest BCUT2D eigenvalue weighted by molar-refractivity contribution is 1.19. The zero-order chi connectivity index (χ0) is 10.7. The third kappa shape index (κ3) is 2.93. The minimum absolute atomic E-state index is 0.979. The fourth-order valence-corrected chi connectivity index (χ4v) is 2.15. The number of hydrogen-bond donors (Lipinski definition) is 0. The quantitative estimate of drug-likeness (QED) is 0.743. The lowest BCUT2D eigenvalue weighted by atomic mass is 10.1.